The Bertz CT molecular complexity index is 1610. The Hall–Kier alpha value is -4.05. The first-order valence-corrected chi connectivity index (χ1v) is 14.2. The molecular weight excluding hydrogens is 522 g/mol. The van der Waals surface area contributed by atoms with E-state index in [-0.39, 0.29) is 17.4 Å². The van der Waals surface area contributed by atoms with Crippen LogP contribution in [0.5, 0.6) is 0 Å². The third kappa shape index (κ3) is 5.62. The molecule has 208 valence electrons. The molecule has 5 rings (SSSR count). The van der Waals surface area contributed by atoms with Gasteiger partial charge in [0.25, 0.3) is 5.91 Å². The van der Waals surface area contributed by atoms with Crippen molar-refractivity contribution >= 4 is 39.9 Å². The Morgan fingerprint density at radius 1 is 1.15 bits per heavy atom. The number of carbonyl (C=O) groups is 2. The Morgan fingerprint density at radius 2 is 1.95 bits per heavy atom. The van der Waals surface area contributed by atoms with E-state index < -0.39 is 0 Å². The summed E-state index contributed by atoms with van der Waals surface area (Å²) in [6, 6.07) is 8.23. The number of amides is 3. The number of hydrogen-bond donors (Lipinski definition) is 2. The number of aryl methyl sites for hydroxylation is 1. The first-order chi connectivity index (χ1) is 19.0. The van der Waals surface area contributed by atoms with E-state index in [4.69, 9.17) is 0 Å². The third-order valence-electron chi connectivity index (χ3n) is 7.12. The highest BCUT2D eigenvalue weighted by Gasteiger charge is 2.22. The van der Waals surface area contributed by atoms with Crippen LogP contribution in [0.15, 0.2) is 42.9 Å². The summed E-state index contributed by atoms with van der Waals surface area (Å²) in [5, 5.41) is 3.49. The molecule has 1 aliphatic heterocycles. The fraction of sp³-hybridized carbons (Fsp3) is 0.367. The molecule has 0 fully saturated rings. The Morgan fingerprint density at radius 3 is 2.60 bits per heavy atom. The maximum atomic E-state index is 12.7. The van der Waals surface area contributed by atoms with E-state index in [0.717, 1.165) is 50.4 Å². The van der Waals surface area contributed by atoms with Crippen molar-refractivity contribution in [1.29, 1.82) is 0 Å². The lowest BCUT2D eigenvalue weighted by Crippen LogP contribution is -2.41. The number of aromatic amines is 1. The molecule has 1 aliphatic rings. The van der Waals surface area contributed by atoms with Gasteiger partial charge in [-0.3, -0.25) is 4.79 Å². The van der Waals surface area contributed by atoms with Gasteiger partial charge < -0.3 is 20.1 Å². The molecule has 3 aromatic heterocycles. The molecule has 0 spiro atoms. The van der Waals surface area contributed by atoms with Gasteiger partial charge in [0.2, 0.25) is 0 Å². The van der Waals surface area contributed by atoms with Crippen LogP contribution in [0.2, 0.25) is 0 Å². The average Bonchev–Trinajstić information content (AvgIpc) is 3.60. The first-order valence-electron chi connectivity index (χ1n) is 13.3. The normalized spacial score (nSPS) is 13.8. The minimum atomic E-state index is -0.161. The standard InChI is InChI=1S/C30H35N7O2S/c1-18-13-20(7-8-21(18)15-31-27(38)28-32-16-24(40-28)30(2,3)4)25-26-23(33-17-34-25)14-22(35-26)19-9-11-37(12-10-19)29(39)36(5)6/h7-9,13-14,16-17,35H,10-12,15H2,1-6H3,(H,31,38). The predicted octanol–water partition coefficient (Wildman–Crippen LogP) is 5.39. The number of nitrogens with one attached hydrogen (secondary N) is 2. The molecule has 1 aromatic carbocycles. The van der Waals surface area contributed by atoms with E-state index in [1.54, 1.807) is 31.5 Å². The monoisotopic (exact) mass is 557 g/mol. The molecule has 0 aliphatic carbocycles. The first kappa shape index (κ1) is 27.5. The SMILES string of the molecule is Cc1cc(-c2ncnc3cc(C4=CCN(C(=O)N(C)C)CC4)[nH]c23)ccc1CNC(=O)c1ncc(C(C)(C)C)s1. The van der Waals surface area contributed by atoms with Crippen molar-refractivity contribution in [2.45, 2.75) is 46.1 Å². The lowest BCUT2D eigenvalue weighted by atomic mass is 9.96. The van der Waals surface area contributed by atoms with Gasteiger partial charge in [-0.2, -0.15) is 0 Å². The van der Waals surface area contributed by atoms with Crippen molar-refractivity contribution < 1.29 is 9.59 Å². The van der Waals surface area contributed by atoms with Gasteiger partial charge >= 0.3 is 6.03 Å². The predicted molar refractivity (Wildman–Crippen MR) is 159 cm³/mol. The number of urea groups is 1. The van der Waals surface area contributed by atoms with Crippen LogP contribution in [0.3, 0.4) is 0 Å². The van der Waals surface area contributed by atoms with E-state index in [2.05, 4.69) is 64.2 Å². The zero-order chi connectivity index (χ0) is 28.6. The lowest BCUT2D eigenvalue weighted by Gasteiger charge is -2.28. The molecule has 9 nitrogen and oxygen atoms in total. The molecule has 0 radical (unpaired) electrons. The van der Waals surface area contributed by atoms with Crippen LogP contribution in [-0.4, -0.2) is 68.9 Å². The number of carbonyl (C=O) groups excluding carboxylic acids is 2. The van der Waals surface area contributed by atoms with Crippen LogP contribution in [0.25, 0.3) is 27.9 Å². The van der Waals surface area contributed by atoms with Crippen LogP contribution in [0, 0.1) is 6.92 Å². The summed E-state index contributed by atoms with van der Waals surface area (Å²) in [6.07, 6.45) is 6.25. The molecule has 40 heavy (non-hydrogen) atoms. The summed E-state index contributed by atoms with van der Waals surface area (Å²) in [7, 11) is 3.55. The number of rotatable bonds is 5. The van der Waals surface area contributed by atoms with Crippen LogP contribution < -0.4 is 5.32 Å². The van der Waals surface area contributed by atoms with Crippen molar-refractivity contribution in [2.75, 3.05) is 27.2 Å². The number of fused-ring (bicyclic) bond motifs is 1. The van der Waals surface area contributed by atoms with Crippen molar-refractivity contribution in [3.8, 4) is 11.3 Å². The summed E-state index contributed by atoms with van der Waals surface area (Å²) in [6.45, 7) is 10.1. The van der Waals surface area contributed by atoms with Crippen LogP contribution in [0.1, 0.15) is 58.7 Å². The highest BCUT2D eigenvalue weighted by atomic mass is 32.1. The smallest absolute Gasteiger partial charge is 0.319 e. The lowest BCUT2D eigenvalue weighted by molar-refractivity contribution is 0.0950. The maximum Gasteiger partial charge on any atom is 0.319 e. The summed E-state index contributed by atoms with van der Waals surface area (Å²) < 4.78 is 0. The van der Waals surface area contributed by atoms with Gasteiger partial charge in [-0.15, -0.1) is 11.3 Å². The van der Waals surface area contributed by atoms with Gasteiger partial charge in [0.15, 0.2) is 5.01 Å². The largest absolute Gasteiger partial charge is 0.352 e. The Kier molecular flexibility index (Phi) is 7.46. The molecule has 0 bridgehead atoms. The topological polar surface area (TPSA) is 107 Å². The second kappa shape index (κ2) is 10.8. The van der Waals surface area contributed by atoms with Crippen LogP contribution in [0.4, 0.5) is 4.79 Å². The highest BCUT2D eigenvalue weighted by Crippen LogP contribution is 2.31. The molecule has 0 unspecified atom stereocenters. The minimum absolute atomic E-state index is 0.0244. The fourth-order valence-corrected chi connectivity index (χ4v) is 5.61. The molecule has 4 heterocycles. The summed E-state index contributed by atoms with van der Waals surface area (Å²) in [5.41, 5.74) is 7.76. The average molecular weight is 558 g/mol. The third-order valence-corrected chi connectivity index (χ3v) is 8.54. The van der Waals surface area contributed by atoms with Gasteiger partial charge in [-0.25, -0.2) is 19.7 Å². The van der Waals surface area contributed by atoms with E-state index in [1.807, 2.05) is 24.0 Å². The maximum absolute atomic E-state index is 12.7. The number of thiazole rings is 1. The van der Waals surface area contributed by atoms with E-state index in [9.17, 15) is 9.59 Å². The number of benzene rings is 1. The quantitative estimate of drug-likeness (QED) is 0.342. The Labute approximate surface area is 238 Å². The summed E-state index contributed by atoms with van der Waals surface area (Å²) in [5.74, 6) is -0.161. The van der Waals surface area contributed by atoms with Crippen molar-refractivity contribution in [3.63, 3.8) is 0 Å². The summed E-state index contributed by atoms with van der Waals surface area (Å²) >= 11 is 1.44. The molecule has 0 saturated heterocycles. The highest BCUT2D eigenvalue weighted by molar-refractivity contribution is 7.13. The minimum Gasteiger partial charge on any atom is -0.352 e. The molecule has 10 heteroatoms. The second-order valence-electron chi connectivity index (χ2n) is 11.4. The van der Waals surface area contributed by atoms with Crippen LogP contribution >= 0.6 is 11.3 Å². The van der Waals surface area contributed by atoms with Crippen molar-refractivity contribution in [2.24, 2.45) is 0 Å². The molecule has 0 saturated carbocycles. The second-order valence-corrected chi connectivity index (χ2v) is 12.4. The Balaban J connectivity index is 1.32. The van der Waals surface area contributed by atoms with E-state index >= 15 is 0 Å². The zero-order valence-corrected chi connectivity index (χ0v) is 24.6. The van der Waals surface area contributed by atoms with Gasteiger partial charge in [0, 0.05) is 56.1 Å². The van der Waals surface area contributed by atoms with E-state index in [1.165, 1.54) is 16.9 Å². The molecule has 3 amide bonds. The van der Waals surface area contributed by atoms with Crippen molar-refractivity contribution in [1.82, 2.24) is 35.1 Å². The fourth-order valence-electron chi connectivity index (χ4n) is 4.72. The van der Waals surface area contributed by atoms with Crippen molar-refractivity contribution in [3.05, 3.63) is 69.6 Å². The molecule has 4 aromatic rings. The molecule has 2 N–H and O–H groups in total. The van der Waals surface area contributed by atoms with Gasteiger partial charge in [0.1, 0.15) is 6.33 Å². The number of aromatic nitrogens is 4. The molecular formula is C30H35N7O2S. The van der Waals surface area contributed by atoms with Gasteiger partial charge in [-0.1, -0.05) is 39.0 Å². The molecule has 0 atom stereocenters. The van der Waals surface area contributed by atoms with Crippen LogP contribution in [-0.2, 0) is 12.0 Å². The zero-order valence-electron chi connectivity index (χ0n) is 23.8. The number of nitrogens with zero attached hydrogens (tertiary/aromatic N) is 5. The summed E-state index contributed by atoms with van der Waals surface area (Å²) in [4.78, 5) is 46.5. The van der Waals surface area contributed by atoms with E-state index in [0.29, 0.717) is 24.6 Å². The van der Waals surface area contributed by atoms with Gasteiger partial charge in [0.05, 0.1) is 16.7 Å². The number of H-pyrrole nitrogens is 1. The van der Waals surface area contributed by atoms with Gasteiger partial charge in [-0.05, 0) is 47.6 Å². The number of hydrogen-bond acceptors (Lipinski definition) is 6.